The second-order valence-electron chi connectivity index (χ2n) is 5.88. The number of anilines is 1. The number of aromatic nitrogens is 1. The van der Waals surface area contributed by atoms with Crippen molar-refractivity contribution in [2.24, 2.45) is 5.92 Å². The lowest BCUT2D eigenvalue weighted by molar-refractivity contribution is 0.00728. The highest BCUT2D eigenvalue weighted by molar-refractivity contribution is 5.89. The van der Waals surface area contributed by atoms with E-state index in [0.717, 1.165) is 26.3 Å². The minimum atomic E-state index is -0.226. The standard InChI is InChI=1S/C16H26N4O3/c1-12(2)14(20-6-8-23-9-7-20)11-18-16(21)19-13-4-5-15(22-3)17-10-13/h4-5,10,12,14H,6-9,11H2,1-3H3,(H2,18,19,21)/t14-/m0/s1. The number of morpholine rings is 1. The largest absolute Gasteiger partial charge is 0.481 e. The zero-order valence-corrected chi connectivity index (χ0v) is 14.0. The van der Waals surface area contributed by atoms with Crippen molar-refractivity contribution in [1.29, 1.82) is 0 Å². The average molecular weight is 322 g/mol. The molecule has 0 spiro atoms. The van der Waals surface area contributed by atoms with Crippen LogP contribution in [0.15, 0.2) is 18.3 Å². The number of urea groups is 1. The highest BCUT2D eigenvalue weighted by Gasteiger charge is 2.24. The molecule has 0 bridgehead atoms. The predicted molar refractivity (Wildman–Crippen MR) is 88.8 cm³/mol. The molecule has 2 rings (SSSR count). The summed E-state index contributed by atoms with van der Waals surface area (Å²) in [6.07, 6.45) is 1.57. The summed E-state index contributed by atoms with van der Waals surface area (Å²) >= 11 is 0. The van der Waals surface area contributed by atoms with Gasteiger partial charge in [-0.15, -0.1) is 0 Å². The summed E-state index contributed by atoms with van der Waals surface area (Å²) < 4.78 is 10.4. The molecule has 1 aromatic rings. The second-order valence-corrected chi connectivity index (χ2v) is 5.88. The maximum atomic E-state index is 12.1. The minimum Gasteiger partial charge on any atom is -0.481 e. The van der Waals surface area contributed by atoms with Crippen LogP contribution < -0.4 is 15.4 Å². The molecule has 1 saturated heterocycles. The van der Waals surface area contributed by atoms with E-state index in [0.29, 0.717) is 30.1 Å². The number of nitrogens with zero attached hydrogens (tertiary/aromatic N) is 2. The Hall–Kier alpha value is -1.86. The lowest BCUT2D eigenvalue weighted by Gasteiger charge is -2.36. The molecule has 2 heterocycles. The van der Waals surface area contributed by atoms with Crippen molar-refractivity contribution in [1.82, 2.24) is 15.2 Å². The van der Waals surface area contributed by atoms with E-state index in [4.69, 9.17) is 9.47 Å². The molecular weight excluding hydrogens is 296 g/mol. The summed E-state index contributed by atoms with van der Waals surface area (Å²) in [5, 5.41) is 5.73. The van der Waals surface area contributed by atoms with Crippen molar-refractivity contribution < 1.29 is 14.3 Å². The Morgan fingerprint density at radius 2 is 2.13 bits per heavy atom. The molecule has 0 radical (unpaired) electrons. The van der Waals surface area contributed by atoms with Gasteiger partial charge in [-0.1, -0.05) is 13.8 Å². The number of hydrogen-bond acceptors (Lipinski definition) is 5. The number of methoxy groups -OCH3 is 1. The molecule has 128 valence electrons. The second kappa shape index (κ2) is 8.69. The molecule has 1 atom stereocenters. The first-order chi connectivity index (χ1) is 11.1. The summed E-state index contributed by atoms with van der Waals surface area (Å²) in [4.78, 5) is 18.5. The van der Waals surface area contributed by atoms with Gasteiger partial charge < -0.3 is 20.1 Å². The van der Waals surface area contributed by atoms with Crippen LogP contribution in [0.25, 0.3) is 0 Å². The van der Waals surface area contributed by atoms with Gasteiger partial charge in [-0.3, -0.25) is 4.90 Å². The van der Waals surface area contributed by atoms with Crippen LogP contribution in [0.4, 0.5) is 10.5 Å². The molecule has 1 aromatic heterocycles. The fourth-order valence-electron chi connectivity index (χ4n) is 2.64. The summed E-state index contributed by atoms with van der Waals surface area (Å²) in [5.41, 5.74) is 0.635. The maximum Gasteiger partial charge on any atom is 0.319 e. The molecule has 2 N–H and O–H groups in total. The third kappa shape index (κ3) is 5.37. The van der Waals surface area contributed by atoms with Crippen LogP contribution in [0.1, 0.15) is 13.8 Å². The smallest absolute Gasteiger partial charge is 0.319 e. The van der Waals surface area contributed by atoms with E-state index in [2.05, 4.69) is 34.4 Å². The first-order valence-corrected chi connectivity index (χ1v) is 7.97. The Balaban J connectivity index is 1.83. The number of rotatable bonds is 6. The lowest BCUT2D eigenvalue weighted by atomic mass is 10.0. The van der Waals surface area contributed by atoms with E-state index in [1.807, 2.05) is 0 Å². The minimum absolute atomic E-state index is 0.226. The van der Waals surface area contributed by atoms with Crippen LogP contribution in [0.5, 0.6) is 5.88 Å². The average Bonchev–Trinajstić information content (AvgIpc) is 2.56. The zero-order chi connectivity index (χ0) is 16.7. The van der Waals surface area contributed by atoms with Crippen molar-refractivity contribution in [3.8, 4) is 5.88 Å². The molecule has 1 aliphatic rings. The summed E-state index contributed by atoms with van der Waals surface area (Å²) in [7, 11) is 1.56. The van der Waals surface area contributed by atoms with Gasteiger partial charge in [0.25, 0.3) is 0 Å². The van der Waals surface area contributed by atoms with E-state index in [9.17, 15) is 4.79 Å². The van der Waals surface area contributed by atoms with Crippen LogP contribution in [-0.2, 0) is 4.74 Å². The first kappa shape index (κ1) is 17.5. The highest BCUT2D eigenvalue weighted by atomic mass is 16.5. The molecule has 7 nitrogen and oxygen atoms in total. The molecular formula is C16H26N4O3. The summed E-state index contributed by atoms with van der Waals surface area (Å²) in [6, 6.07) is 3.54. The zero-order valence-electron chi connectivity index (χ0n) is 14.0. The third-order valence-electron chi connectivity index (χ3n) is 3.96. The topological polar surface area (TPSA) is 75.7 Å². The van der Waals surface area contributed by atoms with Gasteiger partial charge >= 0.3 is 6.03 Å². The molecule has 0 aromatic carbocycles. The van der Waals surface area contributed by atoms with Crippen molar-refractivity contribution in [2.75, 3.05) is 45.3 Å². The number of carbonyl (C=O) groups is 1. The van der Waals surface area contributed by atoms with Crippen LogP contribution >= 0.6 is 0 Å². The molecule has 1 aliphatic heterocycles. The number of carbonyl (C=O) groups excluding carboxylic acids is 1. The van der Waals surface area contributed by atoms with E-state index in [1.165, 1.54) is 0 Å². The number of amides is 2. The van der Waals surface area contributed by atoms with Gasteiger partial charge in [-0.05, 0) is 12.0 Å². The molecule has 2 amide bonds. The Morgan fingerprint density at radius 3 is 2.70 bits per heavy atom. The summed E-state index contributed by atoms with van der Waals surface area (Å²) in [6.45, 7) is 8.29. The van der Waals surface area contributed by atoms with Gasteiger partial charge in [0.15, 0.2) is 0 Å². The Kier molecular flexibility index (Phi) is 6.61. The van der Waals surface area contributed by atoms with Crippen LogP contribution in [-0.4, -0.2) is 61.9 Å². The van der Waals surface area contributed by atoms with E-state index >= 15 is 0 Å². The van der Waals surface area contributed by atoms with Crippen molar-refractivity contribution in [3.63, 3.8) is 0 Å². The summed E-state index contributed by atoms with van der Waals surface area (Å²) in [5.74, 6) is 0.971. The predicted octanol–water partition coefficient (Wildman–Crippen LogP) is 1.57. The third-order valence-corrected chi connectivity index (χ3v) is 3.96. The van der Waals surface area contributed by atoms with Gasteiger partial charge in [0.1, 0.15) is 0 Å². The molecule has 0 unspecified atom stereocenters. The lowest BCUT2D eigenvalue weighted by Crippen LogP contribution is -2.51. The Morgan fingerprint density at radius 1 is 1.39 bits per heavy atom. The van der Waals surface area contributed by atoms with Gasteiger partial charge in [-0.2, -0.15) is 0 Å². The van der Waals surface area contributed by atoms with Crippen LogP contribution in [0.2, 0.25) is 0 Å². The van der Waals surface area contributed by atoms with Crippen molar-refractivity contribution >= 4 is 11.7 Å². The van der Waals surface area contributed by atoms with Gasteiger partial charge in [0, 0.05) is 31.7 Å². The fraction of sp³-hybridized carbons (Fsp3) is 0.625. The maximum absolute atomic E-state index is 12.1. The van der Waals surface area contributed by atoms with Crippen LogP contribution in [0.3, 0.4) is 0 Å². The molecule has 23 heavy (non-hydrogen) atoms. The number of ether oxygens (including phenoxy) is 2. The molecule has 7 heteroatoms. The monoisotopic (exact) mass is 322 g/mol. The van der Waals surface area contributed by atoms with Crippen LogP contribution in [0, 0.1) is 5.92 Å². The molecule has 1 fully saturated rings. The normalized spacial score (nSPS) is 16.9. The fourth-order valence-corrected chi connectivity index (χ4v) is 2.64. The van der Waals surface area contributed by atoms with Crippen molar-refractivity contribution in [2.45, 2.75) is 19.9 Å². The van der Waals surface area contributed by atoms with E-state index in [-0.39, 0.29) is 6.03 Å². The van der Waals surface area contributed by atoms with Gasteiger partial charge in [-0.25, -0.2) is 9.78 Å². The first-order valence-electron chi connectivity index (χ1n) is 7.97. The number of hydrogen-bond donors (Lipinski definition) is 2. The number of nitrogens with one attached hydrogen (secondary N) is 2. The van der Waals surface area contributed by atoms with Crippen molar-refractivity contribution in [3.05, 3.63) is 18.3 Å². The van der Waals surface area contributed by atoms with Gasteiger partial charge in [0.2, 0.25) is 5.88 Å². The van der Waals surface area contributed by atoms with E-state index < -0.39 is 0 Å². The molecule has 0 saturated carbocycles. The Bertz CT molecular complexity index is 487. The molecule has 0 aliphatic carbocycles. The number of pyridine rings is 1. The van der Waals surface area contributed by atoms with Gasteiger partial charge in [0.05, 0.1) is 32.2 Å². The Labute approximate surface area is 137 Å². The quantitative estimate of drug-likeness (QED) is 0.831. The van der Waals surface area contributed by atoms with E-state index in [1.54, 1.807) is 25.4 Å². The SMILES string of the molecule is COc1ccc(NC(=O)NC[C@@H](C(C)C)N2CCOCC2)cn1. The highest BCUT2D eigenvalue weighted by Crippen LogP contribution is 2.13.